The predicted molar refractivity (Wildman–Crippen MR) is 98.8 cm³/mol. The van der Waals surface area contributed by atoms with Crippen LogP contribution in [0, 0.1) is 10.1 Å². The highest BCUT2D eigenvalue weighted by Gasteiger charge is 2.18. The number of hydrogen-bond donors (Lipinski definition) is 1. The van der Waals surface area contributed by atoms with Crippen molar-refractivity contribution in [1.82, 2.24) is 4.57 Å². The summed E-state index contributed by atoms with van der Waals surface area (Å²) in [6.45, 7) is -0.229. The van der Waals surface area contributed by atoms with Crippen LogP contribution in [0.3, 0.4) is 0 Å². The van der Waals surface area contributed by atoms with Gasteiger partial charge in [0.1, 0.15) is 6.54 Å². The van der Waals surface area contributed by atoms with Gasteiger partial charge in [-0.2, -0.15) is 0 Å². The van der Waals surface area contributed by atoms with Crippen LogP contribution in [0.2, 0.25) is 0 Å². The van der Waals surface area contributed by atoms with Gasteiger partial charge in [0.2, 0.25) is 5.91 Å². The number of oxazole rings is 1. The zero-order valence-corrected chi connectivity index (χ0v) is 14.4. The average molecular weight is 367 g/mol. The second kappa shape index (κ2) is 6.71. The molecule has 8 heteroatoms. The van der Waals surface area contributed by atoms with Crippen LogP contribution in [-0.2, 0) is 24.2 Å². The molecule has 2 aromatic carbocycles. The van der Waals surface area contributed by atoms with Crippen molar-refractivity contribution in [2.75, 3.05) is 5.32 Å². The Labute approximate surface area is 153 Å². The van der Waals surface area contributed by atoms with Crippen molar-refractivity contribution in [3.05, 3.63) is 68.2 Å². The number of rotatable bonds is 4. The number of non-ortho nitro benzene ring substituents is 1. The molecule has 0 saturated carbocycles. The number of aryl methyl sites for hydroxylation is 1. The highest BCUT2D eigenvalue weighted by atomic mass is 16.6. The van der Waals surface area contributed by atoms with Gasteiger partial charge in [-0.1, -0.05) is 12.1 Å². The first-order valence-corrected chi connectivity index (χ1v) is 8.71. The Balaban J connectivity index is 1.59. The van der Waals surface area contributed by atoms with Crippen molar-refractivity contribution in [1.29, 1.82) is 0 Å². The molecule has 1 aliphatic rings. The van der Waals surface area contributed by atoms with E-state index in [1.54, 1.807) is 0 Å². The minimum atomic E-state index is -0.726. The number of fused-ring (bicyclic) bond motifs is 2. The van der Waals surface area contributed by atoms with Gasteiger partial charge in [0.25, 0.3) is 5.69 Å². The Morgan fingerprint density at radius 1 is 1.22 bits per heavy atom. The maximum atomic E-state index is 12.5. The second-order valence-corrected chi connectivity index (χ2v) is 6.56. The maximum absolute atomic E-state index is 12.5. The van der Waals surface area contributed by atoms with Crippen molar-refractivity contribution >= 4 is 28.4 Å². The minimum Gasteiger partial charge on any atom is -0.407 e. The molecular formula is C19H17N3O5. The third-order valence-corrected chi connectivity index (χ3v) is 4.83. The summed E-state index contributed by atoms with van der Waals surface area (Å²) in [7, 11) is 0. The van der Waals surface area contributed by atoms with E-state index in [9.17, 15) is 19.7 Å². The molecule has 0 atom stereocenters. The number of benzene rings is 2. The van der Waals surface area contributed by atoms with Crippen molar-refractivity contribution in [3.63, 3.8) is 0 Å². The molecule has 1 N–H and O–H groups in total. The van der Waals surface area contributed by atoms with Crippen LogP contribution in [0.25, 0.3) is 11.1 Å². The van der Waals surface area contributed by atoms with Crippen LogP contribution >= 0.6 is 0 Å². The molecule has 27 heavy (non-hydrogen) atoms. The molecule has 0 aliphatic heterocycles. The van der Waals surface area contributed by atoms with Crippen molar-refractivity contribution < 1.29 is 14.1 Å². The van der Waals surface area contributed by atoms with Gasteiger partial charge in [0.05, 0.1) is 16.5 Å². The Bertz CT molecular complexity index is 1110. The van der Waals surface area contributed by atoms with E-state index >= 15 is 0 Å². The fourth-order valence-corrected chi connectivity index (χ4v) is 3.55. The molecule has 4 rings (SSSR count). The quantitative estimate of drug-likeness (QED) is 0.563. The minimum absolute atomic E-state index is 0.0825. The first-order chi connectivity index (χ1) is 13.0. The van der Waals surface area contributed by atoms with Crippen molar-refractivity contribution in [2.24, 2.45) is 0 Å². The van der Waals surface area contributed by atoms with Crippen LogP contribution in [-0.4, -0.2) is 15.4 Å². The summed E-state index contributed by atoms with van der Waals surface area (Å²) in [5, 5.41) is 13.7. The Morgan fingerprint density at radius 2 is 2.04 bits per heavy atom. The number of carbonyl (C=O) groups excluding carboxylic acids is 1. The van der Waals surface area contributed by atoms with E-state index in [4.69, 9.17) is 4.42 Å². The van der Waals surface area contributed by atoms with Crippen molar-refractivity contribution in [2.45, 2.75) is 32.2 Å². The van der Waals surface area contributed by atoms with Gasteiger partial charge in [-0.05, 0) is 48.9 Å². The van der Waals surface area contributed by atoms with Crippen LogP contribution in [0.4, 0.5) is 11.4 Å². The SMILES string of the molecule is O=C(Cn1c(=O)oc2cc([N+](=O)[O-])ccc21)Nc1cccc2c1CCCC2. The maximum Gasteiger partial charge on any atom is 0.420 e. The molecule has 138 valence electrons. The molecular weight excluding hydrogens is 350 g/mol. The van der Waals surface area contributed by atoms with E-state index < -0.39 is 10.7 Å². The second-order valence-electron chi connectivity index (χ2n) is 6.56. The molecule has 0 saturated heterocycles. The lowest BCUT2D eigenvalue weighted by Crippen LogP contribution is -2.25. The van der Waals surface area contributed by atoms with Gasteiger partial charge in [0, 0.05) is 11.8 Å². The summed E-state index contributed by atoms with van der Waals surface area (Å²) in [6, 6.07) is 9.72. The van der Waals surface area contributed by atoms with Crippen LogP contribution in [0.1, 0.15) is 24.0 Å². The van der Waals surface area contributed by atoms with E-state index in [0.29, 0.717) is 5.52 Å². The zero-order chi connectivity index (χ0) is 19.0. The fraction of sp³-hybridized carbons (Fsp3) is 0.263. The number of amides is 1. The molecule has 3 aromatic rings. The summed E-state index contributed by atoms with van der Waals surface area (Å²) < 4.78 is 6.22. The largest absolute Gasteiger partial charge is 0.420 e. The number of anilines is 1. The molecule has 0 spiro atoms. The summed E-state index contributed by atoms with van der Waals surface area (Å²) in [6.07, 6.45) is 4.16. The Morgan fingerprint density at radius 3 is 2.85 bits per heavy atom. The zero-order valence-electron chi connectivity index (χ0n) is 14.4. The Hall–Kier alpha value is -3.42. The smallest absolute Gasteiger partial charge is 0.407 e. The van der Waals surface area contributed by atoms with Crippen molar-refractivity contribution in [3.8, 4) is 0 Å². The van der Waals surface area contributed by atoms with Crippen LogP contribution in [0.5, 0.6) is 0 Å². The number of carbonyl (C=O) groups is 1. The molecule has 0 unspecified atom stereocenters. The van der Waals surface area contributed by atoms with Gasteiger partial charge in [-0.15, -0.1) is 0 Å². The molecule has 0 fully saturated rings. The molecule has 0 bridgehead atoms. The highest BCUT2D eigenvalue weighted by Crippen LogP contribution is 2.28. The number of aromatic nitrogens is 1. The first-order valence-electron chi connectivity index (χ1n) is 8.71. The lowest BCUT2D eigenvalue weighted by molar-refractivity contribution is -0.384. The van der Waals surface area contributed by atoms with Gasteiger partial charge in [-0.3, -0.25) is 19.5 Å². The fourth-order valence-electron chi connectivity index (χ4n) is 3.55. The number of nitrogens with one attached hydrogen (secondary N) is 1. The topological polar surface area (TPSA) is 107 Å². The monoisotopic (exact) mass is 367 g/mol. The molecule has 0 radical (unpaired) electrons. The molecule has 1 amide bonds. The number of nitrogens with zero attached hydrogens (tertiary/aromatic N) is 2. The third kappa shape index (κ3) is 3.21. The average Bonchev–Trinajstić information content (AvgIpc) is 2.96. The molecule has 8 nitrogen and oxygen atoms in total. The highest BCUT2D eigenvalue weighted by molar-refractivity contribution is 5.92. The summed E-state index contributed by atoms with van der Waals surface area (Å²) in [4.78, 5) is 34.9. The number of hydrogen-bond acceptors (Lipinski definition) is 5. The molecule has 1 aliphatic carbocycles. The number of nitro benzene ring substituents is 1. The molecule has 1 aromatic heterocycles. The van der Waals surface area contributed by atoms with E-state index in [2.05, 4.69) is 11.4 Å². The van der Waals surface area contributed by atoms with Gasteiger partial charge in [-0.25, -0.2) is 4.79 Å². The lowest BCUT2D eigenvalue weighted by Gasteiger charge is -2.19. The number of nitro groups is 1. The lowest BCUT2D eigenvalue weighted by atomic mass is 9.90. The Kier molecular flexibility index (Phi) is 4.23. The van der Waals surface area contributed by atoms with E-state index in [1.807, 2.05) is 12.1 Å². The normalized spacial score (nSPS) is 13.3. The van der Waals surface area contributed by atoms with Gasteiger partial charge in [0.15, 0.2) is 5.58 Å². The van der Waals surface area contributed by atoms with Gasteiger partial charge >= 0.3 is 5.76 Å². The summed E-state index contributed by atoms with van der Waals surface area (Å²) in [5.74, 6) is -1.08. The van der Waals surface area contributed by atoms with E-state index in [-0.39, 0.29) is 23.7 Å². The van der Waals surface area contributed by atoms with Crippen LogP contribution < -0.4 is 11.1 Å². The van der Waals surface area contributed by atoms with Crippen LogP contribution in [0.15, 0.2) is 45.6 Å². The third-order valence-electron chi connectivity index (χ3n) is 4.83. The first kappa shape index (κ1) is 17.0. The predicted octanol–water partition coefficient (Wildman–Crippen LogP) is 3.02. The standard InChI is InChI=1S/C19H17N3O5/c23-18(20-15-7-3-5-12-4-1-2-6-14(12)15)11-21-16-9-8-13(22(25)26)10-17(16)27-19(21)24/h3,5,7-10H,1-2,4,6,11H2,(H,20,23). The molecule has 1 heterocycles. The van der Waals surface area contributed by atoms with E-state index in [0.717, 1.165) is 36.9 Å². The summed E-state index contributed by atoms with van der Waals surface area (Å²) in [5.41, 5.74) is 3.42. The summed E-state index contributed by atoms with van der Waals surface area (Å²) >= 11 is 0. The van der Waals surface area contributed by atoms with E-state index in [1.165, 1.54) is 28.3 Å². The van der Waals surface area contributed by atoms with Gasteiger partial charge < -0.3 is 9.73 Å².